The summed E-state index contributed by atoms with van der Waals surface area (Å²) in [4.78, 5) is 6.75. The van der Waals surface area contributed by atoms with Gasteiger partial charge in [-0.3, -0.25) is 0 Å². The Bertz CT molecular complexity index is 370. The van der Waals surface area contributed by atoms with E-state index in [9.17, 15) is 0 Å². The Morgan fingerprint density at radius 3 is 3.12 bits per heavy atom. The van der Waals surface area contributed by atoms with Crippen molar-refractivity contribution in [2.24, 2.45) is 5.92 Å². The van der Waals surface area contributed by atoms with E-state index in [4.69, 9.17) is 11.6 Å². The Morgan fingerprint density at radius 1 is 1.62 bits per heavy atom. The molecule has 0 amide bonds. The number of aromatic nitrogens is 1. The van der Waals surface area contributed by atoms with Gasteiger partial charge in [-0.1, -0.05) is 24.9 Å². The van der Waals surface area contributed by atoms with Crippen LogP contribution in [0.4, 0.5) is 5.82 Å². The molecule has 1 unspecified atom stereocenters. The topological polar surface area (TPSA) is 16.1 Å². The van der Waals surface area contributed by atoms with Crippen molar-refractivity contribution in [2.45, 2.75) is 26.2 Å². The van der Waals surface area contributed by atoms with Gasteiger partial charge < -0.3 is 4.90 Å². The molecule has 0 radical (unpaired) electrons. The fourth-order valence-electron chi connectivity index (χ4n) is 2.31. The van der Waals surface area contributed by atoms with Crippen LogP contribution in [0.15, 0.2) is 16.7 Å². The summed E-state index contributed by atoms with van der Waals surface area (Å²) in [5, 5.41) is 0.680. The van der Waals surface area contributed by atoms with Gasteiger partial charge in [0.2, 0.25) is 0 Å². The standard InChI is InChI=1S/C12H16BrClN2/c1-2-3-9-4-5-16(8-9)12-11(13)6-10(14)7-15-12/h6-7,9H,2-5,8H2,1H3. The number of hydrogen-bond donors (Lipinski definition) is 0. The van der Waals surface area contributed by atoms with Gasteiger partial charge in [-0.25, -0.2) is 4.98 Å². The van der Waals surface area contributed by atoms with Crippen LogP contribution in [0.5, 0.6) is 0 Å². The second-order valence-electron chi connectivity index (χ2n) is 4.35. The largest absolute Gasteiger partial charge is 0.355 e. The van der Waals surface area contributed by atoms with Gasteiger partial charge in [-0.2, -0.15) is 0 Å². The summed E-state index contributed by atoms with van der Waals surface area (Å²) in [7, 11) is 0. The molecule has 2 rings (SSSR count). The first kappa shape index (κ1) is 12.2. The van der Waals surface area contributed by atoms with E-state index in [2.05, 4.69) is 32.7 Å². The zero-order valence-electron chi connectivity index (χ0n) is 9.42. The van der Waals surface area contributed by atoms with E-state index < -0.39 is 0 Å². The molecule has 1 aliphatic heterocycles. The average molecular weight is 304 g/mol. The van der Waals surface area contributed by atoms with Crippen molar-refractivity contribution < 1.29 is 0 Å². The van der Waals surface area contributed by atoms with Crippen LogP contribution in [0.3, 0.4) is 0 Å². The Kier molecular flexibility index (Phi) is 4.09. The van der Waals surface area contributed by atoms with Crippen LogP contribution in [-0.4, -0.2) is 18.1 Å². The van der Waals surface area contributed by atoms with Gasteiger partial charge in [-0.15, -0.1) is 0 Å². The van der Waals surface area contributed by atoms with Gasteiger partial charge in [0.1, 0.15) is 5.82 Å². The predicted octanol–water partition coefficient (Wildman–Crippen LogP) is 4.12. The third kappa shape index (κ3) is 2.69. The first-order chi connectivity index (χ1) is 7.70. The Balaban J connectivity index is 2.08. The number of halogens is 2. The summed E-state index contributed by atoms with van der Waals surface area (Å²) in [5.41, 5.74) is 0. The minimum absolute atomic E-state index is 0.680. The quantitative estimate of drug-likeness (QED) is 0.835. The Morgan fingerprint density at radius 2 is 2.44 bits per heavy atom. The minimum Gasteiger partial charge on any atom is -0.355 e. The van der Waals surface area contributed by atoms with Crippen molar-refractivity contribution in [3.63, 3.8) is 0 Å². The molecule has 1 aromatic heterocycles. The predicted molar refractivity (Wildman–Crippen MR) is 72.2 cm³/mol. The van der Waals surface area contributed by atoms with Crippen LogP contribution >= 0.6 is 27.5 Å². The van der Waals surface area contributed by atoms with Crippen LogP contribution in [0, 0.1) is 5.92 Å². The second kappa shape index (κ2) is 5.37. The van der Waals surface area contributed by atoms with Crippen LogP contribution in [0.1, 0.15) is 26.2 Å². The van der Waals surface area contributed by atoms with Crippen molar-refractivity contribution in [1.82, 2.24) is 4.98 Å². The van der Waals surface area contributed by atoms with E-state index in [1.54, 1.807) is 6.20 Å². The zero-order valence-corrected chi connectivity index (χ0v) is 11.8. The third-order valence-corrected chi connectivity index (χ3v) is 3.86. The molecule has 1 fully saturated rings. The Labute approximate surface area is 110 Å². The lowest BCUT2D eigenvalue weighted by Gasteiger charge is -2.18. The molecule has 0 aromatic carbocycles. The lowest BCUT2D eigenvalue weighted by atomic mass is 10.0. The van der Waals surface area contributed by atoms with Crippen LogP contribution in [0.25, 0.3) is 0 Å². The number of hydrogen-bond acceptors (Lipinski definition) is 2. The Hall–Kier alpha value is -0.280. The zero-order chi connectivity index (χ0) is 11.5. The molecule has 0 aliphatic carbocycles. The van der Waals surface area contributed by atoms with E-state index in [1.807, 2.05) is 6.07 Å². The molecule has 0 saturated carbocycles. The molecule has 4 heteroatoms. The number of anilines is 1. The van der Waals surface area contributed by atoms with Crippen molar-refractivity contribution in [3.8, 4) is 0 Å². The summed E-state index contributed by atoms with van der Waals surface area (Å²) in [6.45, 7) is 4.48. The van der Waals surface area contributed by atoms with Crippen LogP contribution < -0.4 is 4.90 Å². The molecular weight excluding hydrogens is 288 g/mol. The first-order valence-electron chi connectivity index (χ1n) is 5.76. The second-order valence-corrected chi connectivity index (χ2v) is 5.64. The highest BCUT2D eigenvalue weighted by molar-refractivity contribution is 9.10. The monoisotopic (exact) mass is 302 g/mol. The molecule has 2 nitrogen and oxygen atoms in total. The molecule has 88 valence electrons. The fourth-order valence-corrected chi connectivity index (χ4v) is 3.20. The summed E-state index contributed by atoms with van der Waals surface area (Å²) in [6.07, 6.45) is 5.59. The molecule has 1 atom stereocenters. The third-order valence-electron chi connectivity index (χ3n) is 3.07. The van der Waals surface area contributed by atoms with E-state index in [-0.39, 0.29) is 0 Å². The molecule has 2 heterocycles. The van der Waals surface area contributed by atoms with Crippen molar-refractivity contribution >= 4 is 33.3 Å². The summed E-state index contributed by atoms with van der Waals surface area (Å²) in [5.74, 6) is 1.86. The molecule has 16 heavy (non-hydrogen) atoms. The first-order valence-corrected chi connectivity index (χ1v) is 6.93. The summed E-state index contributed by atoms with van der Waals surface area (Å²) in [6, 6.07) is 1.91. The van der Waals surface area contributed by atoms with Crippen molar-refractivity contribution in [1.29, 1.82) is 0 Å². The minimum atomic E-state index is 0.680. The van der Waals surface area contributed by atoms with Gasteiger partial charge in [0.25, 0.3) is 0 Å². The van der Waals surface area contributed by atoms with Crippen LogP contribution in [-0.2, 0) is 0 Å². The van der Waals surface area contributed by atoms with E-state index >= 15 is 0 Å². The van der Waals surface area contributed by atoms with Gasteiger partial charge >= 0.3 is 0 Å². The number of nitrogens with zero attached hydrogens (tertiary/aromatic N) is 2. The SMILES string of the molecule is CCCC1CCN(c2ncc(Cl)cc2Br)C1. The van der Waals surface area contributed by atoms with Gasteiger partial charge in [0, 0.05) is 19.3 Å². The highest BCUT2D eigenvalue weighted by Crippen LogP contribution is 2.31. The summed E-state index contributed by atoms with van der Waals surface area (Å²) < 4.78 is 0.997. The van der Waals surface area contributed by atoms with Gasteiger partial charge in [-0.05, 0) is 40.8 Å². The number of rotatable bonds is 3. The fraction of sp³-hybridized carbons (Fsp3) is 0.583. The molecule has 0 bridgehead atoms. The maximum absolute atomic E-state index is 5.89. The molecule has 0 spiro atoms. The average Bonchev–Trinajstić information content (AvgIpc) is 2.67. The van der Waals surface area contributed by atoms with Gasteiger partial charge in [0.15, 0.2) is 0 Å². The highest BCUT2D eigenvalue weighted by atomic mass is 79.9. The molecule has 1 aromatic rings. The molecule has 0 N–H and O–H groups in total. The normalized spacial score (nSPS) is 20.4. The molecular formula is C12H16BrClN2. The lowest BCUT2D eigenvalue weighted by Crippen LogP contribution is -2.21. The highest BCUT2D eigenvalue weighted by Gasteiger charge is 2.23. The number of pyridine rings is 1. The lowest BCUT2D eigenvalue weighted by molar-refractivity contribution is 0.529. The van der Waals surface area contributed by atoms with Crippen molar-refractivity contribution in [2.75, 3.05) is 18.0 Å². The van der Waals surface area contributed by atoms with Crippen molar-refractivity contribution in [3.05, 3.63) is 21.8 Å². The molecule has 1 aliphatic rings. The maximum Gasteiger partial charge on any atom is 0.142 e. The van der Waals surface area contributed by atoms with Gasteiger partial charge in [0.05, 0.1) is 9.50 Å². The smallest absolute Gasteiger partial charge is 0.142 e. The molecule has 1 saturated heterocycles. The maximum atomic E-state index is 5.89. The van der Waals surface area contributed by atoms with E-state index in [0.717, 1.165) is 29.3 Å². The van der Waals surface area contributed by atoms with E-state index in [0.29, 0.717) is 5.02 Å². The van der Waals surface area contributed by atoms with Crippen LogP contribution in [0.2, 0.25) is 5.02 Å². The van der Waals surface area contributed by atoms with E-state index in [1.165, 1.54) is 19.3 Å². The summed E-state index contributed by atoms with van der Waals surface area (Å²) >= 11 is 9.42.